The average molecular weight is 220 g/mol. The van der Waals surface area contributed by atoms with Gasteiger partial charge in [-0.2, -0.15) is 0 Å². The van der Waals surface area contributed by atoms with Gasteiger partial charge in [0.2, 0.25) is 0 Å². The van der Waals surface area contributed by atoms with Crippen molar-refractivity contribution >= 4 is 8.56 Å². The highest BCUT2D eigenvalue weighted by Gasteiger charge is 2.27. The minimum Gasteiger partial charge on any atom is -0.398 e. The second kappa shape index (κ2) is 8.37. The Kier molecular flexibility index (Phi) is 8.41. The van der Waals surface area contributed by atoms with E-state index in [9.17, 15) is 0 Å². The summed E-state index contributed by atoms with van der Waals surface area (Å²) >= 11 is 0. The molecule has 0 aliphatic heterocycles. The van der Waals surface area contributed by atoms with Crippen molar-refractivity contribution in [3.8, 4) is 0 Å². The third kappa shape index (κ3) is 6.50. The lowest BCUT2D eigenvalue weighted by atomic mass is 10.4. The average Bonchev–Trinajstić information content (AvgIpc) is 2.23. The topological polar surface area (TPSA) is 56.5 Å². The van der Waals surface area contributed by atoms with Crippen LogP contribution in [0.1, 0.15) is 12.8 Å². The van der Waals surface area contributed by atoms with E-state index in [0.717, 1.165) is 38.5 Å². The van der Waals surface area contributed by atoms with E-state index in [1.54, 1.807) is 14.2 Å². The molecule has 0 radical (unpaired) electrons. The van der Waals surface area contributed by atoms with E-state index < -0.39 is 8.56 Å². The molecule has 0 aromatic carbocycles. The fourth-order valence-corrected chi connectivity index (χ4v) is 2.57. The molecule has 0 amide bonds. The van der Waals surface area contributed by atoms with Crippen molar-refractivity contribution in [2.24, 2.45) is 5.73 Å². The van der Waals surface area contributed by atoms with Crippen molar-refractivity contribution in [1.82, 2.24) is 5.32 Å². The van der Waals surface area contributed by atoms with Gasteiger partial charge in [0, 0.05) is 14.2 Å². The molecule has 0 spiro atoms. The molecule has 0 unspecified atom stereocenters. The Balaban J connectivity index is 3.34. The molecular formula is C9H24N2O2Si. The van der Waals surface area contributed by atoms with Crippen LogP contribution in [0.2, 0.25) is 12.6 Å². The van der Waals surface area contributed by atoms with Gasteiger partial charge in [-0.15, -0.1) is 0 Å². The summed E-state index contributed by atoms with van der Waals surface area (Å²) in [5, 5.41) is 3.34. The van der Waals surface area contributed by atoms with Crippen molar-refractivity contribution in [1.29, 1.82) is 0 Å². The molecule has 0 bridgehead atoms. The summed E-state index contributed by atoms with van der Waals surface area (Å²) in [5.74, 6) is 0. The first-order chi connectivity index (χ1) is 6.68. The van der Waals surface area contributed by atoms with Gasteiger partial charge in [0.15, 0.2) is 0 Å². The van der Waals surface area contributed by atoms with Crippen LogP contribution in [0.15, 0.2) is 0 Å². The largest absolute Gasteiger partial charge is 0.398 e. The molecule has 0 fully saturated rings. The van der Waals surface area contributed by atoms with Gasteiger partial charge in [-0.3, -0.25) is 0 Å². The van der Waals surface area contributed by atoms with E-state index in [-0.39, 0.29) is 0 Å². The monoisotopic (exact) mass is 220 g/mol. The van der Waals surface area contributed by atoms with E-state index in [1.807, 2.05) is 0 Å². The summed E-state index contributed by atoms with van der Waals surface area (Å²) in [5.41, 5.74) is 5.38. The lowest BCUT2D eigenvalue weighted by Gasteiger charge is -2.22. The van der Waals surface area contributed by atoms with E-state index in [0.29, 0.717) is 0 Å². The molecule has 14 heavy (non-hydrogen) atoms. The maximum Gasteiger partial charge on any atom is 0.334 e. The Hall–Kier alpha value is 0.0569. The highest BCUT2D eigenvalue weighted by Crippen LogP contribution is 2.12. The second-order valence-corrected chi connectivity index (χ2v) is 7.12. The first kappa shape index (κ1) is 14.1. The van der Waals surface area contributed by atoms with Gasteiger partial charge in [0.25, 0.3) is 0 Å². The first-order valence-electron chi connectivity index (χ1n) is 5.19. The van der Waals surface area contributed by atoms with Crippen LogP contribution in [0, 0.1) is 0 Å². The Bertz CT molecular complexity index is 132. The Morgan fingerprint density at radius 2 is 1.71 bits per heavy atom. The van der Waals surface area contributed by atoms with Crippen LogP contribution in [0.25, 0.3) is 0 Å². The highest BCUT2D eigenvalue weighted by molar-refractivity contribution is 6.65. The molecule has 0 aromatic heterocycles. The maximum atomic E-state index is 5.38. The van der Waals surface area contributed by atoms with Gasteiger partial charge >= 0.3 is 8.56 Å². The molecule has 0 aromatic rings. The summed E-state index contributed by atoms with van der Waals surface area (Å²) in [4.78, 5) is 0. The zero-order valence-corrected chi connectivity index (χ0v) is 10.6. The van der Waals surface area contributed by atoms with Gasteiger partial charge in [-0.05, 0) is 45.1 Å². The van der Waals surface area contributed by atoms with Crippen molar-refractivity contribution in [2.45, 2.75) is 25.4 Å². The zero-order chi connectivity index (χ0) is 10.9. The maximum absolute atomic E-state index is 5.38. The molecule has 3 N–H and O–H groups in total. The molecule has 86 valence electrons. The standard InChI is InChI=1S/C9H24N2O2Si/c1-12-14(3,13-2)9-5-8-11-7-4-6-10/h11H,4-10H2,1-3H3. The molecule has 0 saturated carbocycles. The summed E-state index contributed by atoms with van der Waals surface area (Å²) in [6.07, 6.45) is 2.15. The number of nitrogens with two attached hydrogens (primary N) is 1. The fraction of sp³-hybridized carbons (Fsp3) is 1.00. The summed E-state index contributed by atoms with van der Waals surface area (Å²) < 4.78 is 10.8. The van der Waals surface area contributed by atoms with Gasteiger partial charge in [-0.25, -0.2) is 0 Å². The quantitative estimate of drug-likeness (QED) is 0.443. The van der Waals surface area contributed by atoms with Crippen LogP contribution >= 0.6 is 0 Å². The van der Waals surface area contributed by atoms with E-state index in [2.05, 4.69) is 11.9 Å². The molecule has 0 heterocycles. The Labute approximate surface area is 88.4 Å². The lowest BCUT2D eigenvalue weighted by Crippen LogP contribution is -2.36. The van der Waals surface area contributed by atoms with E-state index in [4.69, 9.17) is 14.6 Å². The molecule has 5 heteroatoms. The SMILES string of the molecule is CO[Si](C)(CCCNCCCN)OC. The van der Waals surface area contributed by atoms with Crippen LogP contribution in [-0.4, -0.2) is 42.4 Å². The van der Waals surface area contributed by atoms with Crippen molar-refractivity contribution in [3.05, 3.63) is 0 Å². The van der Waals surface area contributed by atoms with Crippen LogP contribution in [0.5, 0.6) is 0 Å². The number of rotatable bonds is 9. The van der Waals surface area contributed by atoms with Crippen molar-refractivity contribution in [2.75, 3.05) is 33.9 Å². The smallest absolute Gasteiger partial charge is 0.334 e. The molecule has 0 saturated heterocycles. The lowest BCUT2D eigenvalue weighted by molar-refractivity contribution is 0.248. The van der Waals surface area contributed by atoms with Gasteiger partial charge in [0.05, 0.1) is 0 Å². The van der Waals surface area contributed by atoms with Crippen LogP contribution in [0.3, 0.4) is 0 Å². The number of hydrogen-bond donors (Lipinski definition) is 2. The predicted molar refractivity (Wildman–Crippen MR) is 61.6 cm³/mol. The zero-order valence-electron chi connectivity index (χ0n) is 9.64. The number of hydrogen-bond acceptors (Lipinski definition) is 4. The summed E-state index contributed by atoms with van der Waals surface area (Å²) in [6.45, 7) is 4.88. The third-order valence-electron chi connectivity index (χ3n) is 2.41. The second-order valence-electron chi connectivity index (χ2n) is 3.54. The minimum absolute atomic E-state index is 0.760. The van der Waals surface area contributed by atoms with Crippen LogP contribution < -0.4 is 11.1 Å². The van der Waals surface area contributed by atoms with Crippen LogP contribution in [-0.2, 0) is 8.85 Å². The molecular weight excluding hydrogens is 196 g/mol. The van der Waals surface area contributed by atoms with Gasteiger partial charge < -0.3 is 19.9 Å². The predicted octanol–water partition coefficient (Wildman–Crippen LogP) is 0.680. The Morgan fingerprint density at radius 1 is 1.14 bits per heavy atom. The number of nitrogens with one attached hydrogen (secondary N) is 1. The van der Waals surface area contributed by atoms with E-state index >= 15 is 0 Å². The Morgan fingerprint density at radius 3 is 2.21 bits per heavy atom. The normalized spacial score (nSPS) is 12.0. The van der Waals surface area contributed by atoms with Crippen molar-refractivity contribution < 1.29 is 8.85 Å². The molecule has 0 atom stereocenters. The van der Waals surface area contributed by atoms with Gasteiger partial charge in [-0.1, -0.05) is 0 Å². The molecule has 0 aliphatic carbocycles. The van der Waals surface area contributed by atoms with Gasteiger partial charge in [0.1, 0.15) is 0 Å². The summed E-state index contributed by atoms with van der Waals surface area (Å²) in [6, 6.07) is 1.04. The third-order valence-corrected chi connectivity index (χ3v) is 5.39. The molecule has 0 rings (SSSR count). The molecule has 0 aliphatic rings. The van der Waals surface area contributed by atoms with E-state index in [1.165, 1.54) is 0 Å². The fourth-order valence-electron chi connectivity index (χ4n) is 1.17. The molecule has 4 nitrogen and oxygen atoms in total. The minimum atomic E-state index is -1.83. The summed E-state index contributed by atoms with van der Waals surface area (Å²) in [7, 11) is 1.64. The van der Waals surface area contributed by atoms with Crippen LogP contribution in [0.4, 0.5) is 0 Å². The first-order valence-corrected chi connectivity index (χ1v) is 7.72. The highest BCUT2D eigenvalue weighted by atomic mass is 28.4. The van der Waals surface area contributed by atoms with Crippen molar-refractivity contribution in [3.63, 3.8) is 0 Å².